The van der Waals surface area contributed by atoms with Crippen LogP contribution in [0.2, 0.25) is 0 Å². The minimum Gasteiger partial charge on any atom is -0.479 e. The van der Waals surface area contributed by atoms with Gasteiger partial charge in [-0.3, -0.25) is 14.3 Å². The minimum atomic E-state index is -0.659. The Hall–Kier alpha value is -3.99. The maximum atomic E-state index is 13.5. The Labute approximate surface area is 192 Å². The molecule has 1 amide bonds. The molecule has 3 heterocycles. The molecular weight excluding hydrogens is 446 g/mol. The molecule has 0 fully saturated rings. The second kappa shape index (κ2) is 8.87. The fraction of sp³-hybridized carbons (Fsp3) is 0.227. The van der Waals surface area contributed by atoms with Crippen LogP contribution < -0.4 is 15.6 Å². The van der Waals surface area contributed by atoms with Crippen LogP contribution in [0.5, 0.6) is 5.88 Å². The summed E-state index contributed by atoms with van der Waals surface area (Å²) >= 11 is 1.12. The number of aromatic nitrogens is 4. The molecule has 0 atom stereocenters. The van der Waals surface area contributed by atoms with Crippen LogP contribution in [0.4, 0.5) is 5.00 Å². The largest absolute Gasteiger partial charge is 0.479 e. The number of rotatable bonds is 6. The number of amides is 1. The number of methoxy groups -OCH3 is 1. The predicted octanol–water partition coefficient (Wildman–Crippen LogP) is 2.93. The first-order chi connectivity index (χ1) is 15.8. The monoisotopic (exact) mass is 467 g/mol. The minimum absolute atomic E-state index is 0.0105. The average molecular weight is 468 g/mol. The molecular formula is C22H21N5O5S. The van der Waals surface area contributed by atoms with Gasteiger partial charge in [-0.15, -0.1) is 16.4 Å². The smallest absolute Gasteiger partial charge is 0.359 e. The summed E-state index contributed by atoms with van der Waals surface area (Å²) in [6, 6.07) is 7.17. The third-order valence-corrected chi connectivity index (χ3v) is 5.72. The Morgan fingerprint density at radius 3 is 2.73 bits per heavy atom. The highest BCUT2D eigenvalue weighted by Crippen LogP contribution is 2.31. The van der Waals surface area contributed by atoms with Crippen LogP contribution >= 0.6 is 11.3 Å². The number of aryl methyl sites for hydroxylation is 2. The molecule has 0 saturated heterocycles. The molecule has 0 radical (unpaired) electrons. The summed E-state index contributed by atoms with van der Waals surface area (Å²) in [5, 5.41) is 13.5. The summed E-state index contributed by atoms with van der Waals surface area (Å²) in [6.45, 7) is 3.73. The van der Waals surface area contributed by atoms with Crippen molar-refractivity contribution in [3.63, 3.8) is 0 Å². The average Bonchev–Trinajstić information content (AvgIpc) is 3.38. The van der Waals surface area contributed by atoms with Crippen molar-refractivity contribution in [2.24, 2.45) is 7.05 Å². The molecule has 170 valence electrons. The Kier molecular flexibility index (Phi) is 5.97. The molecule has 1 aromatic carbocycles. The van der Waals surface area contributed by atoms with Gasteiger partial charge in [0.05, 0.1) is 24.8 Å². The number of anilines is 1. The number of hydrogen-bond donors (Lipinski definition) is 1. The number of carbonyl (C=O) groups is 2. The zero-order valence-corrected chi connectivity index (χ0v) is 19.2. The summed E-state index contributed by atoms with van der Waals surface area (Å²) in [5.74, 6) is -1.00. The zero-order valence-electron chi connectivity index (χ0n) is 18.4. The molecule has 0 aliphatic rings. The van der Waals surface area contributed by atoms with E-state index in [1.165, 1.54) is 18.0 Å². The van der Waals surface area contributed by atoms with Gasteiger partial charge in [0.1, 0.15) is 10.6 Å². The van der Waals surface area contributed by atoms with Gasteiger partial charge >= 0.3 is 5.97 Å². The van der Waals surface area contributed by atoms with Gasteiger partial charge in [-0.2, -0.15) is 9.78 Å². The van der Waals surface area contributed by atoms with E-state index in [1.807, 2.05) is 13.0 Å². The van der Waals surface area contributed by atoms with Crippen molar-refractivity contribution in [2.75, 3.05) is 19.0 Å². The van der Waals surface area contributed by atoms with Crippen LogP contribution in [0, 0.1) is 6.92 Å². The normalized spacial score (nSPS) is 10.9. The van der Waals surface area contributed by atoms with E-state index in [4.69, 9.17) is 9.47 Å². The van der Waals surface area contributed by atoms with Crippen LogP contribution in [0.25, 0.3) is 16.5 Å². The number of hydrogen-bond acceptors (Lipinski definition) is 8. The highest BCUT2D eigenvalue weighted by Gasteiger charge is 2.24. The summed E-state index contributed by atoms with van der Waals surface area (Å²) < 4.78 is 12.9. The second-order valence-electron chi connectivity index (χ2n) is 7.16. The van der Waals surface area contributed by atoms with Crippen molar-refractivity contribution in [1.82, 2.24) is 19.6 Å². The first-order valence-electron chi connectivity index (χ1n) is 10.0. The summed E-state index contributed by atoms with van der Waals surface area (Å²) in [4.78, 5) is 39.0. The van der Waals surface area contributed by atoms with Crippen molar-refractivity contribution in [2.45, 2.75) is 13.8 Å². The fourth-order valence-electron chi connectivity index (χ4n) is 3.37. The number of nitrogens with one attached hydrogen (secondary N) is 1. The van der Waals surface area contributed by atoms with E-state index in [-0.39, 0.29) is 34.1 Å². The van der Waals surface area contributed by atoms with Crippen molar-refractivity contribution >= 4 is 39.0 Å². The lowest BCUT2D eigenvalue weighted by Crippen LogP contribution is -2.25. The quantitative estimate of drug-likeness (QED) is 0.433. The van der Waals surface area contributed by atoms with Gasteiger partial charge < -0.3 is 14.8 Å². The lowest BCUT2D eigenvalue weighted by molar-refractivity contribution is 0.0520. The summed E-state index contributed by atoms with van der Waals surface area (Å²) in [6.07, 6.45) is 1.51. The first-order valence-corrected chi connectivity index (χ1v) is 10.9. The second-order valence-corrected chi connectivity index (χ2v) is 8.04. The van der Waals surface area contributed by atoms with E-state index in [1.54, 1.807) is 37.6 Å². The van der Waals surface area contributed by atoms with E-state index in [0.29, 0.717) is 11.1 Å². The third kappa shape index (κ3) is 4.10. The van der Waals surface area contributed by atoms with Crippen molar-refractivity contribution in [1.29, 1.82) is 0 Å². The molecule has 3 aromatic heterocycles. The van der Waals surface area contributed by atoms with E-state index < -0.39 is 17.4 Å². The van der Waals surface area contributed by atoms with E-state index in [9.17, 15) is 14.4 Å². The molecule has 0 spiro atoms. The molecule has 33 heavy (non-hydrogen) atoms. The Morgan fingerprint density at radius 1 is 1.24 bits per heavy atom. The number of esters is 1. The number of ether oxygens (including phenoxy) is 2. The van der Waals surface area contributed by atoms with Crippen molar-refractivity contribution in [3.05, 3.63) is 63.0 Å². The van der Waals surface area contributed by atoms with Gasteiger partial charge in [0.15, 0.2) is 5.69 Å². The molecule has 0 aliphatic heterocycles. The number of nitrogens with zero attached hydrogens (tertiary/aromatic N) is 4. The lowest BCUT2D eigenvalue weighted by atomic mass is 10.2. The van der Waals surface area contributed by atoms with Crippen LogP contribution in [-0.2, 0) is 11.8 Å². The zero-order chi connectivity index (χ0) is 23.7. The molecule has 0 unspecified atom stereocenters. The van der Waals surface area contributed by atoms with Crippen molar-refractivity contribution < 1.29 is 19.1 Å². The van der Waals surface area contributed by atoms with Gasteiger partial charge in [0.2, 0.25) is 5.88 Å². The number of fused-ring (bicyclic) bond motifs is 1. The van der Waals surface area contributed by atoms with Gasteiger partial charge in [0.25, 0.3) is 11.5 Å². The van der Waals surface area contributed by atoms with Crippen LogP contribution in [0.1, 0.15) is 33.3 Å². The molecule has 0 aliphatic carbocycles. The Bertz CT molecular complexity index is 1430. The number of carbonyl (C=O) groups excluding carboxylic acids is 2. The van der Waals surface area contributed by atoms with Crippen LogP contribution in [0.3, 0.4) is 0 Å². The number of benzene rings is 1. The highest BCUT2D eigenvalue weighted by atomic mass is 32.1. The van der Waals surface area contributed by atoms with E-state index >= 15 is 0 Å². The Morgan fingerprint density at radius 2 is 2.03 bits per heavy atom. The van der Waals surface area contributed by atoms with Crippen molar-refractivity contribution in [3.8, 4) is 11.6 Å². The molecule has 1 N–H and O–H groups in total. The van der Waals surface area contributed by atoms with Gasteiger partial charge in [0, 0.05) is 24.0 Å². The highest BCUT2D eigenvalue weighted by molar-refractivity contribution is 7.16. The fourth-order valence-corrected chi connectivity index (χ4v) is 4.30. The summed E-state index contributed by atoms with van der Waals surface area (Å²) in [5.41, 5.74) is 1.13. The predicted molar refractivity (Wildman–Crippen MR) is 124 cm³/mol. The standard InChI is InChI=1S/C22H21N5O5S/c1-5-32-22(30)17-15-11-33-20(23-18(28)14-10-26(3)25-19(14)31-4)16(15)21(29)27(24-17)13-8-6-7-12(2)9-13/h6-11H,5H2,1-4H3,(H,23,28). The maximum absolute atomic E-state index is 13.5. The molecule has 11 heteroatoms. The topological polar surface area (TPSA) is 117 Å². The molecule has 4 aromatic rings. The Balaban J connectivity index is 1.89. The number of thiophene rings is 1. The molecule has 0 saturated carbocycles. The van der Waals surface area contributed by atoms with Gasteiger partial charge in [-0.1, -0.05) is 12.1 Å². The van der Waals surface area contributed by atoms with Crippen LogP contribution in [0.15, 0.2) is 40.6 Å². The third-order valence-electron chi connectivity index (χ3n) is 4.83. The SMILES string of the molecule is CCOC(=O)c1nn(-c2cccc(C)c2)c(=O)c2c(NC(=O)c3cn(C)nc3OC)scc12. The molecule has 10 nitrogen and oxygen atoms in total. The maximum Gasteiger partial charge on any atom is 0.359 e. The van der Waals surface area contributed by atoms with Gasteiger partial charge in [-0.05, 0) is 31.5 Å². The van der Waals surface area contributed by atoms with E-state index in [2.05, 4.69) is 15.5 Å². The molecule has 4 rings (SSSR count). The lowest BCUT2D eigenvalue weighted by Gasteiger charge is -2.10. The van der Waals surface area contributed by atoms with E-state index in [0.717, 1.165) is 21.6 Å². The van der Waals surface area contributed by atoms with Crippen LogP contribution in [-0.4, -0.2) is 45.2 Å². The summed E-state index contributed by atoms with van der Waals surface area (Å²) in [7, 11) is 3.08. The first kappa shape index (κ1) is 22.2. The van der Waals surface area contributed by atoms with Gasteiger partial charge in [-0.25, -0.2) is 4.79 Å². The molecule has 0 bridgehead atoms.